The lowest BCUT2D eigenvalue weighted by atomic mass is 9.81. The molecular formula is C8H15NO3. The Bertz CT molecular complexity index is 176. The first kappa shape index (κ1) is 8.44. The Balaban J connectivity index is 2.03. The third-order valence-corrected chi connectivity index (χ3v) is 3.05. The van der Waals surface area contributed by atoms with Crippen LogP contribution in [0.25, 0.3) is 0 Å². The van der Waals surface area contributed by atoms with E-state index in [-0.39, 0.29) is 18.7 Å². The van der Waals surface area contributed by atoms with Gasteiger partial charge >= 0.3 is 0 Å². The average Bonchev–Trinajstić information content (AvgIpc) is 2.04. The Morgan fingerprint density at radius 3 is 2.75 bits per heavy atom. The van der Waals surface area contributed by atoms with Crippen molar-refractivity contribution in [1.29, 1.82) is 0 Å². The fourth-order valence-corrected chi connectivity index (χ4v) is 2.37. The van der Waals surface area contributed by atoms with Gasteiger partial charge in [0.2, 0.25) is 0 Å². The Morgan fingerprint density at radius 2 is 2.08 bits per heavy atom. The van der Waals surface area contributed by atoms with Gasteiger partial charge in [0.15, 0.2) is 0 Å². The van der Waals surface area contributed by atoms with Crippen molar-refractivity contribution in [2.24, 2.45) is 0 Å². The highest BCUT2D eigenvalue weighted by atomic mass is 16.3. The van der Waals surface area contributed by atoms with Crippen LogP contribution < -0.4 is 0 Å². The number of hydrogen-bond donors (Lipinski definition) is 3. The van der Waals surface area contributed by atoms with E-state index in [9.17, 15) is 10.2 Å². The van der Waals surface area contributed by atoms with E-state index in [1.165, 1.54) is 0 Å². The van der Waals surface area contributed by atoms with E-state index < -0.39 is 12.2 Å². The molecule has 2 aliphatic rings. The molecule has 0 aliphatic carbocycles. The molecule has 0 aromatic rings. The van der Waals surface area contributed by atoms with E-state index in [1.807, 2.05) is 4.90 Å². The second-order valence-corrected chi connectivity index (χ2v) is 3.68. The Kier molecular flexibility index (Phi) is 2.08. The molecule has 0 radical (unpaired) electrons. The highest BCUT2D eigenvalue weighted by molar-refractivity contribution is 5.06. The molecule has 4 unspecified atom stereocenters. The fraction of sp³-hybridized carbons (Fsp3) is 1.00. The lowest BCUT2D eigenvalue weighted by Gasteiger charge is -2.56. The van der Waals surface area contributed by atoms with Crippen LogP contribution in [-0.4, -0.2) is 57.7 Å². The van der Waals surface area contributed by atoms with E-state index in [0.717, 1.165) is 19.4 Å². The molecular weight excluding hydrogens is 158 g/mol. The molecule has 3 N–H and O–H groups in total. The smallest absolute Gasteiger partial charge is 0.0898 e. The third-order valence-electron chi connectivity index (χ3n) is 3.05. The van der Waals surface area contributed by atoms with Crippen LogP contribution >= 0.6 is 0 Å². The van der Waals surface area contributed by atoms with Gasteiger partial charge in [0.05, 0.1) is 30.9 Å². The minimum atomic E-state index is -0.537. The Morgan fingerprint density at radius 1 is 1.33 bits per heavy atom. The molecule has 70 valence electrons. The summed E-state index contributed by atoms with van der Waals surface area (Å²) in [6.45, 7) is 0.883. The summed E-state index contributed by atoms with van der Waals surface area (Å²) in [6, 6.07) is -0.249. The van der Waals surface area contributed by atoms with E-state index in [2.05, 4.69) is 0 Å². The molecule has 2 rings (SSSR count). The topological polar surface area (TPSA) is 63.9 Å². The van der Waals surface area contributed by atoms with Gasteiger partial charge in [0, 0.05) is 0 Å². The Hall–Kier alpha value is -0.160. The normalized spacial score (nSPS) is 48.2. The van der Waals surface area contributed by atoms with E-state index in [4.69, 9.17) is 5.11 Å². The average molecular weight is 173 g/mol. The molecule has 12 heavy (non-hydrogen) atoms. The lowest BCUT2D eigenvalue weighted by molar-refractivity contribution is -0.186. The summed E-state index contributed by atoms with van der Waals surface area (Å²) < 4.78 is 0. The first-order valence-electron chi connectivity index (χ1n) is 4.48. The first-order chi connectivity index (χ1) is 5.75. The molecule has 2 fully saturated rings. The van der Waals surface area contributed by atoms with E-state index in [1.54, 1.807) is 0 Å². The molecule has 0 amide bonds. The van der Waals surface area contributed by atoms with Gasteiger partial charge in [-0.05, 0) is 19.4 Å². The predicted molar refractivity (Wildman–Crippen MR) is 42.6 cm³/mol. The van der Waals surface area contributed by atoms with Crippen LogP contribution in [0, 0.1) is 0 Å². The van der Waals surface area contributed by atoms with Crippen LogP contribution in [0.2, 0.25) is 0 Å². The van der Waals surface area contributed by atoms with Crippen molar-refractivity contribution >= 4 is 0 Å². The quantitative estimate of drug-likeness (QED) is 0.454. The van der Waals surface area contributed by atoms with Gasteiger partial charge in [0.1, 0.15) is 0 Å². The molecule has 4 nitrogen and oxygen atoms in total. The molecule has 4 atom stereocenters. The largest absolute Gasteiger partial charge is 0.395 e. The van der Waals surface area contributed by atoms with Crippen LogP contribution in [0.1, 0.15) is 12.8 Å². The van der Waals surface area contributed by atoms with E-state index >= 15 is 0 Å². The van der Waals surface area contributed by atoms with Crippen molar-refractivity contribution in [3.05, 3.63) is 0 Å². The number of aliphatic hydroxyl groups excluding tert-OH is 3. The van der Waals surface area contributed by atoms with Gasteiger partial charge in [0.25, 0.3) is 0 Å². The second kappa shape index (κ2) is 2.96. The molecule has 0 spiro atoms. The van der Waals surface area contributed by atoms with Gasteiger partial charge in [-0.25, -0.2) is 0 Å². The Labute approximate surface area is 71.4 Å². The molecule has 0 aromatic carbocycles. The van der Waals surface area contributed by atoms with E-state index in [0.29, 0.717) is 0 Å². The number of aliphatic hydroxyl groups is 3. The maximum Gasteiger partial charge on any atom is 0.0898 e. The molecule has 0 bridgehead atoms. The van der Waals surface area contributed by atoms with Crippen molar-refractivity contribution in [3.8, 4) is 0 Å². The van der Waals surface area contributed by atoms with Crippen molar-refractivity contribution in [1.82, 2.24) is 4.90 Å². The van der Waals surface area contributed by atoms with Crippen molar-refractivity contribution in [2.45, 2.75) is 37.1 Å². The number of hydrogen-bond acceptors (Lipinski definition) is 4. The second-order valence-electron chi connectivity index (χ2n) is 3.68. The predicted octanol–water partition coefficient (Wildman–Crippen LogP) is -1.45. The van der Waals surface area contributed by atoms with Crippen molar-refractivity contribution in [3.63, 3.8) is 0 Å². The zero-order valence-electron chi connectivity index (χ0n) is 6.93. The SMILES string of the molecule is OCC1C(O)C2C(O)CCCN12. The first-order valence-corrected chi connectivity index (χ1v) is 4.48. The van der Waals surface area contributed by atoms with Crippen LogP contribution in [0.3, 0.4) is 0 Å². The zero-order chi connectivity index (χ0) is 8.72. The summed E-state index contributed by atoms with van der Waals surface area (Å²) in [5.41, 5.74) is 0. The van der Waals surface area contributed by atoms with Gasteiger partial charge in [-0.1, -0.05) is 0 Å². The summed E-state index contributed by atoms with van der Waals surface area (Å²) in [6.07, 6.45) is 0.791. The van der Waals surface area contributed by atoms with Crippen LogP contribution in [0.5, 0.6) is 0 Å². The standard InChI is InChI=1S/C8H15NO3/c10-4-5-8(12)7-6(11)2-1-3-9(5)7/h5-8,10-12H,1-4H2. The maximum atomic E-state index is 9.51. The highest BCUT2D eigenvalue weighted by Gasteiger charge is 2.51. The van der Waals surface area contributed by atoms with Gasteiger partial charge in [-0.3, -0.25) is 4.90 Å². The number of fused-ring (bicyclic) bond motifs is 1. The van der Waals surface area contributed by atoms with Gasteiger partial charge < -0.3 is 15.3 Å². The molecule has 4 heteroatoms. The van der Waals surface area contributed by atoms with Gasteiger partial charge in [-0.2, -0.15) is 0 Å². The summed E-state index contributed by atoms with van der Waals surface area (Å²) in [4.78, 5) is 2.00. The summed E-state index contributed by atoms with van der Waals surface area (Å²) in [5, 5.41) is 27.9. The summed E-state index contributed by atoms with van der Waals surface area (Å²) in [5.74, 6) is 0. The lowest BCUT2D eigenvalue weighted by Crippen LogP contribution is -2.74. The maximum absolute atomic E-state index is 9.51. The fourth-order valence-electron chi connectivity index (χ4n) is 2.37. The van der Waals surface area contributed by atoms with Gasteiger partial charge in [-0.15, -0.1) is 0 Å². The molecule has 0 saturated carbocycles. The number of rotatable bonds is 1. The number of nitrogens with zero attached hydrogens (tertiary/aromatic N) is 1. The van der Waals surface area contributed by atoms with Crippen LogP contribution in [0.15, 0.2) is 0 Å². The summed E-state index contributed by atoms with van der Waals surface area (Å²) in [7, 11) is 0. The molecule has 0 aromatic heterocycles. The van der Waals surface area contributed by atoms with Crippen molar-refractivity contribution < 1.29 is 15.3 Å². The third kappa shape index (κ3) is 0.992. The number of piperidine rings is 1. The molecule has 2 heterocycles. The zero-order valence-corrected chi connectivity index (χ0v) is 6.93. The molecule has 2 aliphatic heterocycles. The highest BCUT2D eigenvalue weighted by Crippen LogP contribution is 2.33. The minimum absolute atomic E-state index is 0.00954. The monoisotopic (exact) mass is 173 g/mol. The van der Waals surface area contributed by atoms with Crippen molar-refractivity contribution in [2.75, 3.05) is 13.2 Å². The van der Waals surface area contributed by atoms with Crippen LogP contribution in [-0.2, 0) is 0 Å². The van der Waals surface area contributed by atoms with Crippen LogP contribution in [0.4, 0.5) is 0 Å². The summed E-state index contributed by atoms with van der Waals surface area (Å²) >= 11 is 0. The molecule has 2 saturated heterocycles. The minimum Gasteiger partial charge on any atom is -0.395 e.